The molecule has 23 heavy (non-hydrogen) atoms. The monoisotopic (exact) mass is 334 g/mol. The molecule has 1 amide bonds. The van der Waals surface area contributed by atoms with Gasteiger partial charge in [0.1, 0.15) is 12.0 Å². The van der Waals surface area contributed by atoms with Crippen LogP contribution in [0.3, 0.4) is 0 Å². The summed E-state index contributed by atoms with van der Waals surface area (Å²) in [6.45, 7) is 1.40. The van der Waals surface area contributed by atoms with Gasteiger partial charge in [-0.25, -0.2) is 13.4 Å². The third-order valence-corrected chi connectivity index (χ3v) is 5.15. The first kappa shape index (κ1) is 15.7. The summed E-state index contributed by atoms with van der Waals surface area (Å²) in [6.07, 6.45) is 4.49. The Hall–Kier alpha value is -2.19. The second-order valence-corrected chi connectivity index (χ2v) is 7.44. The van der Waals surface area contributed by atoms with Crippen LogP contribution in [0.2, 0.25) is 0 Å². The van der Waals surface area contributed by atoms with Gasteiger partial charge in [-0.2, -0.15) is 4.31 Å². The quantitative estimate of drug-likeness (QED) is 0.823. The van der Waals surface area contributed by atoms with Crippen molar-refractivity contribution in [1.29, 1.82) is 0 Å². The Morgan fingerprint density at radius 1 is 1.09 bits per heavy atom. The van der Waals surface area contributed by atoms with Gasteiger partial charge in [0.05, 0.1) is 6.26 Å². The molecule has 1 fully saturated rings. The Bertz CT molecular complexity index is 793. The van der Waals surface area contributed by atoms with Gasteiger partial charge in [0.2, 0.25) is 10.0 Å². The molecule has 3 rings (SSSR count). The minimum absolute atomic E-state index is 0.173. The number of amides is 1. The van der Waals surface area contributed by atoms with Gasteiger partial charge in [-0.1, -0.05) is 18.2 Å². The van der Waals surface area contributed by atoms with Crippen molar-refractivity contribution in [2.45, 2.75) is 0 Å². The molecule has 7 nitrogen and oxygen atoms in total. The maximum atomic E-state index is 12.5. The van der Waals surface area contributed by atoms with E-state index in [2.05, 4.69) is 4.98 Å². The van der Waals surface area contributed by atoms with E-state index < -0.39 is 10.0 Å². The zero-order valence-corrected chi connectivity index (χ0v) is 13.6. The van der Waals surface area contributed by atoms with Crippen molar-refractivity contribution < 1.29 is 13.2 Å². The van der Waals surface area contributed by atoms with Gasteiger partial charge in [0.25, 0.3) is 5.91 Å². The number of benzene rings is 1. The van der Waals surface area contributed by atoms with Gasteiger partial charge >= 0.3 is 0 Å². The molecular formula is C15H18N4O3S. The number of rotatable bonds is 3. The normalized spacial score (nSPS) is 16.5. The number of imidazole rings is 1. The lowest BCUT2D eigenvalue weighted by Gasteiger charge is -2.32. The third-order valence-electron chi connectivity index (χ3n) is 3.85. The lowest BCUT2D eigenvalue weighted by atomic mass is 10.3. The summed E-state index contributed by atoms with van der Waals surface area (Å²) in [5, 5.41) is 0. The Morgan fingerprint density at radius 2 is 1.74 bits per heavy atom. The first-order chi connectivity index (χ1) is 10.9. The van der Waals surface area contributed by atoms with Crippen LogP contribution in [-0.2, 0) is 10.0 Å². The predicted molar refractivity (Wildman–Crippen MR) is 85.9 cm³/mol. The molecular weight excluding hydrogens is 316 g/mol. The Morgan fingerprint density at radius 3 is 2.35 bits per heavy atom. The number of carbonyl (C=O) groups is 1. The minimum Gasteiger partial charge on any atom is -0.335 e. The molecule has 0 bridgehead atoms. The molecule has 0 radical (unpaired) electrons. The molecule has 1 aromatic heterocycles. The number of para-hydroxylation sites is 1. The van der Waals surface area contributed by atoms with Crippen LogP contribution in [0.1, 0.15) is 10.5 Å². The van der Waals surface area contributed by atoms with Crippen molar-refractivity contribution in [3.05, 3.63) is 48.5 Å². The van der Waals surface area contributed by atoms with Crippen molar-refractivity contribution >= 4 is 15.9 Å². The highest BCUT2D eigenvalue weighted by molar-refractivity contribution is 7.88. The summed E-state index contributed by atoms with van der Waals surface area (Å²) >= 11 is 0. The largest absolute Gasteiger partial charge is 0.335 e. The molecule has 1 aromatic carbocycles. The molecule has 2 aromatic rings. The first-order valence-electron chi connectivity index (χ1n) is 7.29. The van der Waals surface area contributed by atoms with E-state index in [9.17, 15) is 13.2 Å². The molecule has 1 saturated heterocycles. The zero-order chi connectivity index (χ0) is 16.4. The van der Waals surface area contributed by atoms with Crippen LogP contribution in [0.4, 0.5) is 0 Å². The average molecular weight is 334 g/mol. The summed E-state index contributed by atoms with van der Waals surface area (Å²) in [7, 11) is -3.20. The number of sulfonamides is 1. The molecule has 0 atom stereocenters. The maximum Gasteiger partial charge on any atom is 0.274 e. The highest BCUT2D eigenvalue weighted by Gasteiger charge is 2.27. The molecule has 0 spiro atoms. The van der Waals surface area contributed by atoms with Crippen LogP contribution < -0.4 is 0 Å². The molecule has 122 valence electrons. The van der Waals surface area contributed by atoms with Crippen LogP contribution in [0, 0.1) is 0 Å². The van der Waals surface area contributed by atoms with Crippen LogP contribution in [0.25, 0.3) is 5.69 Å². The van der Waals surface area contributed by atoms with E-state index in [1.807, 2.05) is 30.3 Å². The van der Waals surface area contributed by atoms with Gasteiger partial charge in [-0.05, 0) is 12.1 Å². The fourth-order valence-electron chi connectivity index (χ4n) is 2.56. The molecule has 1 aliphatic rings. The number of aromatic nitrogens is 2. The summed E-state index contributed by atoms with van der Waals surface area (Å²) < 4.78 is 26.2. The van der Waals surface area contributed by atoms with Gasteiger partial charge in [0.15, 0.2) is 0 Å². The summed E-state index contributed by atoms with van der Waals surface area (Å²) in [6, 6.07) is 9.62. The van der Waals surface area contributed by atoms with E-state index >= 15 is 0 Å². The molecule has 2 heterocycles. The van der Waals surface area contributed by atoms with Crippen LogP contribution in [0.5, 0.6) is 0 Å². The van der Waals surface area contributed by atoms with Crippen molar-refractivity contribution in [3.8, 4) is 5.69 Å². The third kappa shape index (κ3) is 3.43. The van der Waals surface area contributed by atoms with Crippen molar-refractivity contribution in [2.75, 3.05) is 32.4 Å². The van der Waals surface area contributed by atoms with Gasteiger partial charge in [-0.3, -0.25) is 4.79 Å². The highest BCUT2D eigenvalue weighted by atomic mass is 32.2. The van der Waals surface area contributed by atoms with Gasteiger partial charge in [-0.15, -0.1) is 0 Å². The Labute approximate surface area is 135 Å². The molecule has 0 unspecified atom stereocenters. The summed E-state index contributed by atoms with van der Waals surface area (Å²) in [5.74, 6) is -0.173. The van der Waals surface area contributed by atoms with E-state index in [0.29, 0.717) is 31.9 Å². The fraction of sp³-hybridized carbons (Fsp3) is 0.333. The highest BCUT2D eigenvalue weighted by Crippen LogP contribution is 2.12. The second kappa shape index (κ2) is 6.13. The second-order valence-electron chi connectivity index (χ2n) is 5.46. The summed E-state index contributed by atoms with van der Waals surface area (Å²) in [4.78, 5) is 18.3. The molecule has 1 aliphatic heterocycles. The smallest absolute Gasteiger partial charge is 0.274 e. The van der Waals surface area contributed by atoms with Crippen molar-refractivity contribution in [1.82, 2.24) is 18.8 Å². The standard InChI is InChI=1S/C15H18N4O3S/c1-23(21,22)19-9-7-17(8-10-19)15(20)14-11-18(12-16-14)13-5-3-2-4-6-13/h2-6,11-12H,7-10H2,1H3. The number of piperazine rings is 1. The lowest BCUT2D eigenvalue weighted by molar-refractivity contribution is 0.0693. The Balaban J connectivity index is 1.69. The van der Waals surface area contributed by atoms with Crippen LogP contribution >= 0.6 is 0 Å². The summed E-state index contributed by atoms with van der Waals surface area (Å²) in [5.41, 5.74) is 1.29. The maximum absolute atomic E-state index is 12.5. The SMILES string of the molecule is CS(=O)(=O)N1CCN(C(=O)c2cn(-c3ccccc3)cn2)CC1. The number of hydrogen-bond acceptors (Lipinski definition) is 4. The van der Waals surface area contributed by atoms with E-state index in [1.165, 1.54) is 10.6 Å². The molecule has 0 aliphatic carbocycles. The zero-order valence-electron chi connectivity index (χ0n) is 12.8. The van der Waals surface area contributed by atoms with Crippen molar-refractivity contribution in [2.24, 2.45) is 0 Å². The predicted octanol–water partition coefficient (Wildman–Crippen LogP) is 0.590. The number of nitrogens with zero attached hydrogens (tertiary/aromatic N) is 4. The number of carbonyl (C=O) groups excluding carboxylic acids is 1. The molecule has 0 N–H and O–H groups in total. The molecule has 8 heteroatoms. The average Bonchev–Trinajstić information content (AvgIpc) is 3.04. The topological polar surface area (TPSA) is 75.5 Å². The number of hydrogen-bond donors (Lipinski definition) is 0. The van der Waals surface area contributed by atoms with E-state index in [0.717, 1.165) is 5.69 Å². The van der Waals surface area contributed by atoms with Crippen LogP contribution in [-0.4, -0.2) is 65.5 Å². The Kier molecular flexibility index (Phi) is 4.18. The van der Waals surface area contributed by atoms with E-state index in [-0.39, 0.29) is 5.91 Å². The van der Waals surface area contributed by atoms with E-state index in [4.69, 9.17) is 0 Å². The van der Waals surface area contributed by atoms with Gasteiger partial charge in [0, 0.05) is 38.1 Å². The van der Waals surface area contributed by atoms with Gasteiger partial charge < -0.3 is 9.47 Å². The van der Waals surface area contributed by atoms with Crippen molar-refractivity contribution in [3.63, 3.8) is 0 Å². The fourth-order valence-corrected chi connectivity index (χ4v) is 3.39. The van der Waals surface area contributed by atoms with Crippen LogP contribution in [0.15, 0.2) is 42.9 Å². The lowest BCUT2D eigenvalue weighted by Crippen LogP contribution is -2.50. The van der Waals surface area contributed by atoms with E-state index in [1.54, 1.807) is 22.0 Å². The first-order valence-corrected chi connectivity index (χ1v) is 9.14. The molecule has 0 saturated carbocycles. The minimum atomic E-state index is -3.20.